The largest absolute Gasteiger partial charge is 0.482 e. The third kappa shape index (κ3) is 4.09. The Morgan fingerprint density at radius 1 is 1.23 bits per heavy atom. The number of benzene rings is 1. The van der Waals surface area contributed by atoms with Gasteiger partial charge in [0.15, 0.2) is 23.3 Å². The van der Waals surface area contributed by atoms with Gasteiger partial charge in [-0.15, -0.1) is 0 Å². The summed E-state index contributed by atoms with van der Waals surface area (Å²) < 4.78 is 11.1. The molecule has 2 fully saturated rings. The number of carbonyl (C=O) groups is 4. The molecule has 2 aliphatic heterocycles. The topological polar surface area (TPSA) is 142 Å². The van der Waals surface area contributed by atoms with E-state index in [4.69, 9.17) is 9.47 Å². The number of carbonyl (C=O) groups excluding carboxylic acids is 2. The van der Waals surface area contributed by atoms with Gasteiger partial charge in [0.2, 0.25) is 5.78 Å². The van der Waals surface area contributed by atoms with Crippen LogP contribution in [0.2, 0.25) is 0 Å². The molecule has 1 aromatic rings. The molecule has 30 heavy (non-hydrogen) atoms. The fourth-order valence-electron chi connectivity index (χ4n) is 3.97. The van der Waals surface area contributed by atoms with Crippen LogP contribution in [0, 0.1) is 0 Å². The molecule has 0 radical (unpaired) electrons. The minimum Gasteiger partial charge on any atom is -0.482 e. The monoisotopic (exact) mass is 420 g/mol. The van der Waals surface area contributed by atoms with E-state index in [0.717, 1.165) is 0 Å². The van der Waals surface area contributed by atoms with Crippen LogP contribution in [-0.4, -0.2) is 72.1 Å². The molecule has 2 heterocycles. The van der Waals surface area contributed by atoms with Crippen LogP contribution in [0.4, 0.5) is 5.69 Å². The summed E-state index contributed by atoms with van der Waals surface area (Å²) in [6, 6.07) is 4.07. The summed E-state index contributed by atoms with van der Waals surface area (Å²) in [6.45, 7) is 0.117. The number of hydrogen-bond donors (Lipinski definition) is 3. The van der Waals surface area contributed by atoms with Crippen LogP contribution < -0.4 is 19.7 Å². The van der Waals surface area contributed by atoms with E-state index < -0.39 is 35.9 Å². The van der Waals surface area contributed by atoms with Crippen LogP contribution >= 0.6 is 0 Å². The normalized spacial score (nSPS) is 23.2. The molecule has 2 saturated heterocycles. The molecule has 0 saturated carbocycles. The zero-order valence-electron chi connectivity index (χ0n) is 16.3. The summed E-state index contributed by atoms with van der Waals surface area (Å²) in [6.07, 6.45) is 2.44. The lowest BCUT2D eigenvalue weighted by atomic mass is 9.92. The Kier molecular flexibility index (Phi) is 6.56. The second kappa shape index (κ2) is 9.12. The van der Waals surface area contributed by atoms with Gasteiger partial charge in [-0.1, -0.05) is 6.07 Å². The van der Waals surface area contributed by atoms with Crippen LogP contribution in [0.25, 0.3) is 0 Å². The number of aliphatic carboxylic acids is 2. The predicted octanol–water partition coefficient (Wildman–Crippen LogP) is 0.472. The van der Waals surface area contributed by atoms with E-state index in [0.29, 0.717) is 44.3 Å². The van der Waals surface area contributed by atoms with Gasteiger partial charge in [0.1, 0.15) is 19.3 Å². The van der Waals surface area contributed by atoms with E-state index >= 15 is 0 Å². The first kappa shape index (κ1) is 21.6. The lowest BCUT2D eigenvalue weighted by molar-refractivity contribution is -0.150. The summed E-state index contributed by atoms with van der Waals surface area (Å²) in [7, 11) is 0. The second-order valence-corrected chi connectivity index (χ2v) is 7.22. The van der Waals surface area contributed by atoms with Crippen molar-refractivity contribution in [3.05, 3.63) is 18.2 Å². The molecule has 0 aromatic heterocycles. The van der Waals surface area contributed by atoms with Gasteiger partial charge in [-0.25, -0.2) is 9.59 Å². The molecule has 3 N–H and O–H groups in total. The molecule has 0 amide bonds. The van der Waals surface area contributed by atoms with Gasteiger partial charge < -0.3 is 24.6 Å². The maximum Gasteiger partial charge on any atom is 0.331 e. The summed E-state index contributed by atoms with van der Waals surface area (Å²) in [5.74, 6) is -2.55. The van der Waals surface area contributed by atoms with E-state index in [-0.39, 0.29) is 24.5 Å². The molecule has 162 valence electrons. The zero-order chi connectivity index (χ0) is 21.7. The minimum absolute atomic E-state index is 0.136. The fourth-order valence-corrected chi connectivity index (χ4v) is 3.97. The van der Waals surface area contributed by atoms with Crippen molar-refractivity contribution in [2.45, 2.75) is 37.3 Å². The second-order valence-electron chi connectivity index (χ2n) is 7.22. The molecular formula is C20H24N2O8. The van der Waals surface area contributed by atoms with Gasteiger partial charge in [0.25, 0.3) is 0 Å². The maximum absolute atomic E-state index is 12.6. The predicted molar refractivity (Wildman–Crippen MR) is 104 cm³/mol. The summed E-state index contributed by atoms with van der Waals surface area (Å²) >= 11 is 0. The van der Waals surface area contributed by atoms with Crippen molar-refractivity contribution in [2.75, 3.05) is 31.2 Å². The molecule has 1 unspecified atom stereocenters. The fraction of sp³-hybridized carbons (Fsp3) is 0.500. The number of para-hydroxylation sites is 1. The van der Waals surface area contributed by atoms with Crippen LogP contribution in [0.5, 0.6) is 11.5 Å². The average molecular weight is 420 g/mol. The highest BCUT2D eigenvalue weighted by atomic mass is 16.5. The number of ether oxygens (including phenoxy) is 2. The van der Waals surface area contributed by atoms with Crippen LogP contribution in [0.3, 0.4) is 0 Å². The first-order valence-electron chi connectivity index (χ1n) is 9.74. The van der Waals surface area contributed by atoms with Crippen LogP contribution in [0.15, 0.2) is 18.2 Å². The number of carboxylic acid groups (broad SMARTS) is 2. The number of carboxylic acids is 2. The molecule has 1 aromatic carbocycles. The molecule has 2 aliphatic rings. The van der Waals surface area contributed by atoms with Crippen LogP contribution in [0.1, 0.15) is 25.7 Å². The maximum atomic E-state index is 12.6. The number of aldehydes is 1. The number of Topliss-reactive ketones (excluding diaryl/α,β-unsaturated/α-hetero) is 1. The van der Waals surface area contributed by atoms with Gasteiger partial charge in [-0.2, -0.15) is 0 Å². The van der Waals surface area contributed by atoms with Gasteiger partial charge in [-0.3, -0.25) is 14.9 Å². The van der Waals surface area contributed by atoms with Crippen molar-refractivity contribution in [1.29, 1.82) is 0 Å². The number of anilines is 1. The van der Waals surface area contributed by atoms with E-state index in [9.17, 15) is 29.4 Å². The van der Waals surface area contributed by atoms with Crippen molar-refractivity contribution in [3.8, 4) is 11.5 Å². The smallest absolute Gasteiger partial charge is 0.331 e. The Balaban J connectivity index is 1.85. The number of hydrogen-bond acceptors (Lipinski definition) is 8. The Morgan fingerprint density at radius 2 is 2.03 bits per heavy atom. The van der Waals surface area contributed by atoms with Gasteiger partial charge in [0.05, 0.1) is 5.69 Å². The molecule has 10 nitrogen and oxygen atoms in total. The van der Waals surface area contributed by atoms with Gasteiger partial charge in [0, 0.05) is 6.54 Å². The minimum atomic E-state index is -1.68. The summed E-state index contributed by atoms with van der Waals surface area (Å²) in [5.41, 5.74) is -1.23. The lowest BCUT2D eigenvalue weighted by Gasteiger charge is -2.27. The van der Waals surface area contributed by atoms with E-state index in [2.05, 4.69) is 5.32 Å². The molecular weight excluding hydrogens is 396 g/mol. The summed E-state index contributed by atoms with van der Waals surface area (Å²) in [5, 5.41) is 21.7. The number of ketones is 1. The Bertz CT molecular complexity index is 834. The standard InChI is InChI=1S/C20H24N2O8/c23-10-11-29-17-13(22-9-2-5-14(22)18(25)26)4-1-6-15(17)30-12-16(24)20(19(27)28)7-3-8-21-20/h1,4,6,10,14,21H,2-3,5,7-9,11-12H2,(H,25,26)(H,27,28)/t14-,20?/m1/s1. The molecule has 0 spiro atoms. The third-order valence-corrected chi connectivity index (χ3v) is 5.46. The molecule has 3 rings (SSSR count). The number of nitrogens with zero attached hydrogens (tertiary/aromatic N) is 1. The third-order valence-electron chi connectivity index (χ3n) is 5.46. The molecule has 0 aliphatic carbocycles. The number of nitrogens with one attached hydrogen (secondary N) is 1. The Morgan fingerprint density at radius 3 is 2.67 bits per heavy atom. The van der Waals surface area contributed by atoms with Crippen molar-refractivity contribution in [3.63, 3.8) is 0 Å². The SMILES string of the molecule is O=CCOc1c(OCC(=O)C2(C(=O)O)CCCN2)cccc1N1CCC[C@@H]1C(=O)O. The molecule has 10 heteroatoms. The van der Waals surface area contributed by atoms with E-state index in [1.54, 1.807) is 17.0 Å². The number of rotatable bonds is 10. The first-order chi connectivity index (χ1) is 14.4. The van der Waals surface area contributed by atoms with Gasteiger partial charge in [-0.05, 0) is 44.4 Å². The Labute approximate surface area is 172 Å². The highest BCUT2D eigenvalue weighted by Gasteiger charge is 2.48. The van der Waals surface area contributed by atoms with Gasteiger partial charge >= 0.3 is 11.9 Å². The van der Waals surface area contributed by atoms with E-state index in [1.165, 1.54) is 6.07 Å². The molecule has 2 atom stereocenters. The zero-order valence-corrected chi connectivity index (χ0v) is 16.3. The quantitative estimate of drug-likeness (QED) is 0.361. The highest BCUT2D eigenvalue weighted by Crippen LogP contribution is 2.41. The molecule has 0 bridgehead atoms. The average Bonchev–Trinajstić information content (AvgIpc) is 3.41. The van der Waals surface area contributed by atoms with Crippen molar-refractivity contribution < 1.29 is 38.9 Å². The van der Waals surface area contributed by atoms with Crippen molar-refractivity contribution in [1.82, 2.24) is 5.32 Å². The van der Waals surface area contributed by atoms with Crippen molar-refractivity contribution >= 4 is 29.7 Å². The summed E-state index contributed by atoms with van der Waals surface area (Å²) in [4.78, 5) is 48.4. The van der Waals surface area contributed by atoms with E-state index in [1.807, 2.05) is 0 Å². The lowest BCUT2D eigenvalue weighted by Crippen LogP contribution is -2.56. The first-order valence-corrected chi connectivity index (χ1v) is 9.74. The Hall–Kier alpha value is -3.14. The van der Waals surface area contributed by atoms with Crippen LogP contribution in [-0.2, 0) is 19.2 Å². The highest BCUT2D eigenvalue weighted by molar-refractivity contribution is 6.08. The van der Waals surface area contributed by atoms with Crippen molar-refractivity contribution in [2.24, 2.45) is 0 Å².